The van der Waals surface area contributed by atoms with Crippen LogP contribution in [0.4, 0.5) is 4.39 Å². The number of phenols is 1. The van der Waals surface area contributed by atoms with Gasteiger partial charge in [-0.2, -0.15) is 0 Å². The Balaban J connectivity index is 0.000000383. The fraction of sp³-hybridized carbons (Fsp3) is 0.407. The van der Waals surface area contributed by atoms with E-state index in [1.165, 1.54) is 26.2 Å². The summed E-state index contributed by atoms with van der Waals surface area (Å²) in [5, 5.41) is 47.1. The van der Waals surface area contributed by atoms with Gasteiger partial charge in [0, 0.05) is 43.2 Å². The van der Waals surface area contributed by atoms with Crippen LogP contribution in [0.25, 0.3) is 0 Å². The average molecular weight is 599 g/mol. The summed E-state index contributed by atoms with van der Waals surface area (Å²) in [6.45, 7) is 3.35. The first-order valence-corrected chi connectivity index (χ1v) is 12.7. The number of amides is 1. The minimum Gasteiger partial charge on any atom is -0.504 e. The number of ether oxygens (including phenoxy) is 1. The number of carbonyl (C=O) groups excluding carboxylic acids is 1. The lowest BCUT2D eigenvalue weighted by molar-refractivity contribution is -0.170. The third-order valence-corrected chi connectivity index (χ3v) is 6.89. The molecule has 0 bridgehead atoms. The molecule has 0 saturated carbocycles. The molecule has 1 heterocycles. The Hall–Kier alpha value is -3.94. The number of carbonyl (C=O) groups is 4. The molecule has 0 spiro atoms. The molecule has 6 N–H and O–H groups in total. The van der Waals surface area contributed by atoms with Crippen molar-refractivity contribution in [3.63, 3.8) is 0 Å². The zero-order valence-electron chi connectivity index (χ0n) is 22.4. The average Bonchev–Trinajstić information content (AvgIpc) is 2.86. The van der Waals surface area contributed by atoms with E-state index in [-0.39, 0.29) is 17.5 Å². The second-order valence-corrected chi connectivity index (χ2v) is 10.0. The van der Waals surface area contributed by atoms with Crippen LogP contribution < -0.4 is 10.1 Å². The number of halogens is 2. The van der Waals surface area contributed by atoms with Gasteiger partial charge < -0.3 is 35.6 Å². The van der Waals surface area contributed by atoms with Crippen molar-refractivity contribution in [3.8, 4) is 11.5 Å². The normalized spacial score (nSPS) is 14.8. The number of phenolic OH excluding ortho intramolecular Hbond substituents is 1. The number of hydrogen-bond acceptors (Lipinski definition) is 8. The van der Waals surface area contributed by atoms with Gasteiger partial charge in [-0.15, -0.1) is 0 Å². The minimum atomic E-state index is -2.74. The van der Waals surface area contributed by atoms with Gasteiger partial charge in [-0.1, -0.05) is 29.8 Å². The number of carboxylic acid groups (broad SMARTS) is 3. The molecule has 2 aromatic carbocycles. The van der Waals surface area contributed by atoms with E-state index in [0.717, 1.165) is 5.56 Å². The van der Waals surface area contributed by atoms with E-state index in [9.17, 15) is 28.7 Å². The zero-order chi connectivity index (χ0) is 31.0. The van der Waals surface area contributed by atoms with Crippen LogP contribution in [-0.4, -0.2) is 80.0 Å². The maximum absolute atomic E-state index is 14.5. The second kappa shape index (κ2) is 14.1. The highest BCUT2D eigenvalue weighted by atomic mass is 35.5. The summed E-state index contributed by atoms with van der Waals surface area (Å²) < 4.78 is 19.6. The van der Waals surface area contributed by atoms with Crippen LogP contribution in [0, 0.1) is 5.82 Å². The molecule has 2 aromatic rings. The highest BCUT2D eigenvalue weighted by Gasteiger charge is 2.41. The first-order valence-electron chi connectivity index (χ1n) is 12.3. The van der Waals surface area contributed by atoms with Gasteiger partial charge in [0.15, 0.2) is 17.1 Å². The van der Waals surface area contributed by atoms with Crippen LogP contribution >= 0.6 is 11.6 Å². The topological polar surface area (TPSA) is 194 Å². The number of aliphatic carboxylic acids is 3. The van der Waals surface area contributed by atoms with Crippen LogP contribution in [0.2, 0.25) is 5.02 Å². The third kappa shape index (κ3) is 9.03. The molecule has 1 aliphatic heterocycles. The lowest BCUT2D eigenvalue weighted by Crippen LogP contribution is -2.52. The maximum Gasteiger partial charge on any atom is 0.336 e. The number of aliphatic hydroxyl groups is 1. The Kier molecular flexibility index (Phi) is 11.4. The van der Waals surface area contributed by atoms with Crippen LogP contribution in [-0.2, 0) is 31.3 Å². The van der Waals surface area contributed by atoms with Crippen molar-refractivity contribution >= 4 is 35.4 Å². The van der Waals surface area contributed by atoms with E-state index in [1.54, 1.807) is 24.3 Å². The lowest BCUT2D eigenvalue weighted by Gasteiger charge is -2.42. The smallest absolute Gasteiger partial charge is 0.336 e. The molecule has 12 nitrogen and oxygen atoms in total. The minimum absolute atomic E-state index is 0.000813. The Morgan fingerprint density at radius 1 is 1.07 bits per heavy atom. The molecule has 1 saturated heterocycles. The maximum atomic E-state index is 14.5. The Bertz CT molecular complexity index is 1260. The highest BCUT2D eigenvalue weighted by molar-refractivity contribution is 6.31. The largest absolute Gasteiger partial charge is 0.504 e. The van der Waals surface area contributed by atoms with Crippen LogP contribution in [0.3, 0.4) is 0 Å². The predicted molar refractivity (Wildman–Crippen MR) is 143 cm³/mol. The summed E-state index contributed by atoms with van der Waals surface area (Å²) in [7, 11) is 1.49. The molecule has 41 heavy (non-hydrogen) atoms. The van der Waals surface area contributed by atoms with Crippen molar-refractivity contribution in [2.24, 2.45) is 0 Å². The molecule has 0 atom stereocenters. The van der Waals surface area contributed by atoms with Gasteiger partial charge in [-0.3, -0.25) is 19.3 Å². The number of piperidine rings is 1. The van der Waals surface area contributed by atoms with Gasteiger partial charge in [0.1, 0.15) is 5.82 Å². The van der Waals surface area contributed by atoms with Gasteiger partial charge in [-0.25, -0.2) is 9.18 Å². The monoisotopic (exact) mass is 598 g/mol. The molecule has 1 aliphatic rings. The van der Waals surface area contributed by atoms with E-state index in [1.807, 2.05) is 0 Å². The van der Waals surface area contributed by atoms with E-state index < -0.39 is 41.9 Å². The Labute approximate surface area is 239 Å². The van der Waals surface area contributed by atoms with Gasteiger partial charge in [0.25, 0.3) is 0 Å². The number of rotatable bonds is 10. The number of hydrogen-bond donors (Lipinski definition) is 6. The van der Waals surface area contributed by atoms with Crippen LogP contribution in [0.5, 0.6) is 11.5 Å². The molecule has 14 heteroatoms. The first kappa shape index (κ1) is 33.3. The van der Waals surface area contributed by atoms with Gasteiger partial charge in [0.2, 0.25) is 5.91 Å². The number of nitrogens with one attached hydrogen (secondary N) is 1. The van der Waals surface area contributed by atoms with Gasteiger partial charge in [-0.05, 0) is 30.5 Å². The summed E-state index contributed by atoms with van der Waals surface area (Å²) in [4.78, 5) is 44.5. The molecule has 224 valence electrons. The van der Waals surface area contributed by atoms with Crippen molar-refractivity contribution in [3.05, 3.63) is 58.4 Å². The fourth-order valence-electron chi connectivity index (χ4n) is 4.57. The molecule has 0 unspecified atom stereocenters. The zero-order valence-corrected chi connectivity index (χ0v) is 23.2. The number of aromatic hydroxyl groups is 1. The van der Waals surface area contributed by atoms with Crippen molar-refractivity contribution < 1.29 is 53.8 Å². The highest BCUT2D eigenvalue weighted by Crippen LogP contribution is 2.37. The number of nitrogens with zero attached hydrogens (tertiary/aromatic N) is 1. The van der Waals surface area contributed by atoms with Crippen molar-refractivity contribution in [2.45, 2.75) is 50.3 Å². The van der Waals surface area contributed by atoms with Crippen molar-refractivity contribution in [1.82, 2.24) is 10.2 Å². The first-order chi connectivity index (χ1) is 19.1. The molecule has 0 aromatic heterocycles. The number of benzene rings is 2. The number of methoxy groups -OCH3 is 1. The quantitative estimate of drug-likeness (QED) is 0.235. The number of carboxylic acids is 3. The summed E-state index contributed by atoms with van der Waals surface area (Å²) in [5.74, 6) is -5.14. The Morgan fingerprint density at radius 2 is 1.63 bits per heavy atom. The van der Waals surface area contributed by atoms with Crippen molar-refractivity contribution in [2.75, 3.05) is 20.2 Å². The molecular weight excluding hydrogens is 567 g/mol. The summed E-state index contributed by atoms with van der Waals surface area (Å²) >= 11 is 6.27. The second-order valence-electron chi connectivity index (χ2n) is 9.61. The molecule has 0 radical (unpaired) electrons. The Morgan fingerprint density at radius 3 is 2.10 bits per heavy atom. The van der Waals surface area contributed by atoms with E-state index in [4.69, 9.17) is 36.8 Å². The fourth-order valence-corrected chi connectivity index (χ4v) is 4.78. The SMILES string of the molecule is COc1cc(CN2CCC(NC(C)=O)(c3ccccc3F)CC2)c(Cl)cc1O.O=C(O)CC(O)(CC(=O)O)C(=O)O. The van der Waals surface area contributed by atoms with Crippen LogP contribution in [0.1, 0.15) is 43.7 Å². The van der Waals surface area contributed by atoms with E-state index >= 15 is 0 Å². The standard InChI is InChI=1S/C21H24ClFN2O3.C6H8O7/c1-14(26)24-21(16-5-3-4-6-18(16)23)7-9-25(10-8-21)13-15-11-20(28-2)19(27)12-17(15)22;7-3(8)1-6(13,5(11)12)2-4(9)10/h3-6,11-12,27H,7-10,13H2,1-2H3,(H,24,26);13H,1-2H2,(H,7,8)(H,9,10)(H,11,12). The summed E-state index contributed by atoms with van der Waals surface area (Å²) in [6, 6.07) is 9.80. The summed E-state index contributed by atoms with van der Waals surface area (Å²) in [5.41, 5.74) is -2.09. The van der Waals surface area contributed by atoms with Gasteiger partial charge >= 0.3 is 17.9 Å². The molecular formula is C27H32ClFN2O10. The third-order valence-electron chi connectivity index (χ3n) is 6.54. The molecule has 1 amide bonds. The molecule has 0 aliphatic carbocycles. The van der Waals surface area contributed by atoms with Gasteiger partial charge in [0.05, 0.1) is 25.5 Å². The number of likely N-dealkylation sites (tertiary alicyclic amines) is 1. The van der Waals surface area contributed by atoms with E-state index in [0.29, 0.717) is 48.8 Å². The van der Waals surface area contributed by atoms with Crippen molar-refractivity contribution in [1.29, 1.82) is 0 Å². The molecule has 3 rings (SSSR count). The predicted octanol–water partition coefficient (Wildman–Crippen LogP) is 2.57. The lowest BCUT2D eigenvalue weighted by atomic mass is 9.80. The summed E-state index contributed by atoms with van der Waals surface area (Å²) in [6.07, 6.45) is -1.12. The van der Waals surface area contributed by atoms with Crippen LogP contribution in [0.15, 0.2) is 36.4 Å². The molecule has 1 fully saturated rings. The van der Waals surface area contributed by atoms with E-state index in [2.05, 4.69) is 10.2 Å².